The molecule has 0 fully saturated rings. The average molecular weight is 665 g/mol. The van der Waals surface area contributed by atoms with Gasteiger partial charge >= 0.3 is 0 Å². The molecule has 9 rings (SSSR count). The number of rotatable bonds is 7. The Kier molecular flexibility index (Phi) is 7.34. The third kappa shape index (κ3) is 4.69. The van der Waals surface area contributed by atoms with E-state index in [4.69, 9.17) is 0 Å². The van der Waals surface area contributed by atoms with E-state index in [9.17, 15) is 0 Å². The molecule has 2 heterocycles. The third-order valence-corrected chi connectivity index (χ3v) is 13.5. The van der Waals surface area contributed by atoms with Crippen LogP contribution in [0.2, 0.25) is 0 Å². The van der Waals surface area contributed by atoms with Gasteiger partial charge in [-0.1, -0.05) is 127 Å². The molecular formula is C46H37N2OP. The summed E-state index contributed by atoms with van der Waals surface area (Å²) in [4.78, 5) is 0. The van der Waals surface area contributed by atoms with E-state index < -0.39 is 7.14 Å². The lowest BCUT2D eigenvalue weighted by Crippen LogP contribution is -2.24. The lowest BCUT2D eigenvalue weighted by Gasteiger charge is -2.21. The highest BCUT2D eigenvalue weighted by Crippen LogP contribution is 2.43. The fourth-order valence-corrected chi connectivity index (χ4v) is 10.6. The topological polar surface area (TPSA) is 26.9 Å². The zero-order chi connectivity index (χ0) is 33.8. The van der Waals surface area contributed by atoms with Crippen molar-refractivity contribution in [2.75, 3.05) is 0 Å². The van der Waals surface area contributed by atoms with Gasteiger partial charge in [-0.2, -0.15) is 0 Å². The summed E-state index contributed by atoms with van der Waals surface area (Å²) in [6.07, 6.45) is 0. The van der Waals surface area contributed by atoms with E-state index >= 15 is 4.57 Å². The highest BCUT2D eigenvalue weighted by atomic mass is 31.2. The van der Waals surface area contributed by atoms with Crippen LogP contribution in [-0.4, -0.2) is 9.13 Å². The molecule has 242 valence electrons. The van der Waals surface area contributed by atoms with Crippen molar-refractivity contribution in [2.24, 2.45) is 0 Å². The van der Waals surface area contributed by atoms with Crippen LogP contribution in [0.3, 0.4) is 0 Å². The maximum absolute atomic E-state index is 15.4. The van der Waals surface area contributed by atoms with Crippen molar-refractivity contribution in [1.29, 1.82) is 0 Å². The summed E-state index contributed by atoms with van der Waals surface area (Å²) in [6, 6.07) is 57.4. The number of aryl methyl sites for hydroxylation is 2. The van der Waals surface area contributed by atoms with Crippen molar-refractivity contribution >= 4 is 66.7 Å². The first-order valence-electron chi connectivity index (χ1n) is 17.5. The second-order valence-electron chi connectivity index (χ2n) is 13.0. The number of benzene rings is 7. The average Bonchev–Trinajstić information content (AvgIpc) is 3.69. The van der Waals surface area contributed by atoms with Crippen LogP contribution in [0, 0.1) is 0 Å². The maximum atomic E-state index is 15.4. The van der Waals surface area contributed by atoms with Crippen molar-refractivity contribution < 1.29 is 4.57 Å². The summed E-state index contributed by atoms with van der Waals surface area (Å²) in [5.41, 5.74) is 9.55. The standard InChI is InChI=1S/C46H37N2OP/c1-3-47-43-16-10-8-14-39(43)41-30-34(22-28-45(41)47)32-18-24-37(25-19-32)50(49,36-12-6-5-7-13-36)38-26-20-33(21-27-38)35-23-29-46-42(31-35)40-15-9-11-17-44(40)48(46)4-2/h5-31H,3-4H2,1-2H3. The molecule has 2 aromatic heterocycles. The molecule has 0 aliphatic carbocycles. The molecule has 7 aromatic carbocycles. The van der Waals surface area contributed by atoms with E-state index in [2.05, 4.69) is 156 Å². The second-order valence-corrected chi connectivity index (χ2v) is 15.8. The van der Waals surface area contributed by atoms with E-state index in [1.165, 1.54) is 43.6 Å². The highest BCUT2D eigenvalue weighted by Gasteiger charge is 2.30. The summed E-state index contributed by atoms with van der Waals surface area (Å²) in [7, 11) is -3.15. The summed E-state index contributed by atoms with van der Waals surface area (Å²) in [5.74, 6) is 0. The molecule has 0 bridgehead atoms. The van der Waals surface area contributed by atoms with Crippen LogP contribution in [0.5, 0.6) is 0 Å². The van der Waals surface area contributed by atoms with Crippen molar-refractivity contribution in [3.63, 3.8) is 0 Å². The molecule has 0 radical (unpaired) electrons. The zero-order valence-corrected chi connectivity index (χ0v) is 29.1. The van der Waals surface area contributed by atoms with Gasteiger partial charge in [-0.05, 0) is 72.5 Å². The molecule has 0 saturated carbocycles. The Hall–Kier alpha value is -5.63. The molecule has 0 aliphatic heterocycles. The minimum Gasteiger partial charge on any atom is -0.341 e. The molecule has 9 aromatic rings. The van der Waals surface area contributed by atoms with Crippen LogP contribution in [0.1, 0.15) is 13.8 Å². The SMILES string of the molecule is CCn1c2ccccc2c2cc(-c3ccc(P(=O)(c4ccccc4)c4ccc(-c5ccc6c(c5)c5ccccc5n6CC)cc4)cc3)ccc21. The van der Waals surface area contributed by atoms with Gasteiger partial charge < -0.3 is 13.7 Å². The Labute approximate surface area is 292 Å². The van der Waals surface area contributed by atoms with Crippen molar-refractivity contribution in [2.45, 2.75) is 26.9 Å². The van der Waals surface area contributed by atoms with E-state index in [1.54, 1.807) is 0 Å². The van der Waals surface area contributed by atoms with Gasteiger partial charge in [-0.3, -0.25) is 0 Å². The minimum absolute atomic E-state index is 0.831. The lowest BCUT2D eigenvalue weighted by molar-refractivity contribution is 0.592. The highest BCUT2D eigenvalue weighted by molar-refractivity contribution is 7.85. The van der Waals surface area contributed by atoms with E-state index in [0.29, 0.717) is 0 Å². The smallest absolute Gasteiger partial charge is 0.171 e. The van der Waals surface area contributed by atoms with Crippen LogP contribution in [0.4, 0.5) is 0 Å². The Balaban J connectivity index is 1.10. The largest absolute Gasteiger partial charge is 0.341 e. The number of hydrogen-bond acceptors (Lipinski definition) is 1. The van der Waals surface area contributed by atoms with Gasteiger partial charge in [0.1, 0.15) is 0 Å². The van der Waals surface area contributed by atoms with Crippen LogP contribution in [-0.2, 0) is 17.7 Å². The molecule has 0 unspecified atom stereocenters. The van der Waals surface area contributed by atoms with Gasteiger partial charge in [0, 0.05) is 72.6 Å². The van der Waals surface area contributed by atoms with Crippen molar-refractivity contribution in [3.05, 3.63) is 164 Å². The number of aromatic nitrogens is 2. The number of fused-ring (bicyclic) bond motifs is 6. The van der Waals surface area contributed by atoms with Gasteiger partial charge in [-0.15, -0.1) is 0 Å². The summed E-state index contributed by atoms with van der Waals surface area (Å²) < 4.78 is 20.2. The Bertz CT molecular complexity index is 2570. The van der Waals surface area contributed by atoms with Gasteiger partial charge in [-0.25, -0.2) is 0 Å². The zero-order valence-electron chi connectivity index (χ0n) is 28.3. The van der Waals surface area contributed by atoms with Gasteiger partial charge in [0.2, 0.25) is 0 Å². The fourth-order valence-electron chi connectivity index (χ4n) is 7.96. The predicted molar refractivity (Wildman–Crippen MR) is 214 cm³/mol. The van der Waals surface area contributed by atoms with Crippen LogP contribution < -0.4 is 15.9 Å². The summed E-state index contributed by atoms with van der Waals surface area (Å²) >= 11 is 0. The molecular weight excluding hydrogens is 627 g/mol. The van der Waals surface area contributed by atoms with Gasteiger partial charge in [0.15, 0.2) is 7.14 Å². The quantitative estimate of drug-likeness (QED) is 0.156. The first-order valence-corrected chi connectivity index (χ1v) is 19.2. The Morgan fingerprint density at radius 1 is 0.380 bits per heavy atom. The molecule has 0 saturated heterocycles. The Morgan fingerprint density at radius 2 is 0.740 bits per heavy atom. The van der Waals surface area contributed by atoms with E-state index in [1.807, 2.05) is 30.3 Å². The number of nitrogens with zero attached hydrogens (tertiary/aromatic N) is 2. The summed E-state index contributed by atoms with van der Waals surface area (Å²) in [6.45, 7) is 6.24. The van der Waals surface area contributed by atoms with Crippen molar-refractivity contribution in [3.8, 4) is 22.3 Å². The molecule has 0 aliphatic rings. The van der Waals surface area contributed by atoms with Crippen LogP contribution >= 0.6 is 7.14 Å². The molecule has 0 atom stereocenters. The molecule has 4 heteroatoms. The molecule has 0 spiro atoms. The van der Waals surface area contributed by atoms with Gasteiger partial charge in [0.05, 0.1) is 0 Å². The molecule has 0 amide bonds. The van der Waals surface area contributed by atoms with E-state index in [0.717, 1.165) is 51.3 Å². The van der Waals surface area contributed by atoms with Gasteiger partial charge in [0.25, 0.3) is 0 Å². The molecule has 50 heavy (non-hydrogen) atoms. The van der Waals surface area contributed by atoms with Crippen LogP contribution in [0.15, 0.2) is 164 Å². The second kappa shape index (κ2) is 12.1. The summed E-state index contributed by atoms with van der Waals surface area (Å²) in [5, 5.41) is 7.56. The van der Waals surface area contributed by atoms with Crippen molar-refractivity contribution in [1.82, 2.24) is 9.13 Å². The normalized spacial score (nSPS) is 12.0. The minimum atomic E-state index is -3.15. The van der Waals surface area contributed by atoms with E-state index in [-0.39, 0.29) is 0 Å². The maximum Gasteiger partial charge on any atom is 0.171 e. The predicted octanol–water partition coefficient (Wildman–Crippen LogP) is 10.9. The lowest BCUT2D eigenvalue weighted by atomic mass is 10.0. The number of para-hydroxylation sites is 2. The monoisotopic (exact) mass is 664 g/mol. The van der Waals surface area contributed by atoms with Crippen LogP contribution in [0.25, 0.3) is 65.9 Å². The fraction of sp³-hybridized carbons (Fsp3) is 0.0870. The first-order chi connectivity index (χ1) is 24.6. The number of hydrogen-bond donors (Lipinski definition) is 0. The Morgan fingerprint density at radius 3 is 1.18 bits per heavy atom. The molecule has 3 nitrogen and oxygen atoms in total. The third-order valence-electron chi connectivity index (χ3n) is 10.4. The molecule has 0 N–H and O–H groups in total. The first kappa shape index (κ1) is 30.4.